The second kappa shape index (κ2) is 6.20. The Bertz CT molecular complexity index is 569. The molecule has 0 saturated carbocycles. The molecule has 0 N–H and O–H groups in total. The van der Waals surface area contributed by atoms with E-state index < -0.39 is 4.92 Å². The Balaban J connectivity index is 1.89. The van der Waals surface area contributed by atoms with Gasteiger partial charge in [0, 0.05) is 18.6 Å². The first-order chi connectivity index (χ1) is 9.16. The van der Waals surface area contributed by atoms with Crippen molar-refractivity contribution >= 4 is 17.3 Å². The highest BCUT2D eigenvalue weighted by Gasteiger charge is 2.04. The Morgan fingerprint density at radius 3 is 2.42 bits per heavy atom. The van der Waals surface area contributed by atoms with Gasteiger partial charge in [-0.3, -0.25) is 10.1 Å². The first-order valence-corrected chi connectivity index (χ1v) is 6.15. The van der Waals surface area contributed by atoms with Crippen molar-refractivity contribution in [1.29, 1.82) is 0 Å². The van der Waals surface area contributed by atoms with E-state index in [0.717, 1.165) is 5.56 Å². The number of rotatable bonds is 5. The van der Waals surface area contributed by atoms with Crippen LogP contribution in [0, 0.1) is 10.1 Å². The molecule has 5 heteroatoms. The maximum Gasteiger partial charge on any atom is 0.269 e. The fourth-order valence-electron chi connectivity index (χ4n) is 1.62. The molecule has 0 amide bonds. The molecule has 98 valence electrons. The van der Waals surface area contributed by atoms with Gasteiger partial charge in [-0.25, -0.2) is 0 Å². The highest BCUT2D eigenvalue weighted by atomic mass is 35.5. The third-order valence-corrected chi connectivity index (χ3v) is 2.94. The maximum absolute atomic E-state index is 10.5. The molecule has 0 fully saturated rings. The second-order valence-electron chi connectivity index (χ2n) is 3.95. The number of benzene rings is 2. The van der Waals surface area contributed by atoms with Crippen LogP contribution >= 0.6 is 11.6 Å². The maximum atomic E-state index is 10.5. The van der Waals surface area contributed by atoms with Crippen LogP contribution in [0.3, 0.4) is 0 Å². The largest absolute Gasteiger partial charge is 0.492 e. The summed E-state index contributed by atoms with van der Waals surface area (Å²) in [5.74, 6) is 0.645. The van der Waals surface area contributed by atoms with Crippen LogP contribution < -0.4 is 4.74 Å². The Labute approximate surface area is 115 Å². The minimum absolute atomic E-state index is 0.0933. The fourth-order valence-corrected chi connectivity index (χ4v) is 1.82. The standard InChI is InChI=1S/C14H12ClNO3/c15-13-3-1-2-4-14(13)19-10-9-11-5-7-12(8-6-11)16(17)18/h1-8H,9-10H2. The topological polar surface area (TPSA) is 52.4 Å². The summed E-state index contributed by atoms with van der Waals surface area (Å²) in [5.41, 5.74) is 1.08. The number of halogens is 1. The van der Waals surface area contributed by atoms with Crippen LogP contribution in [0.2, 0.25) is 5.02 Å². The average molecular weight is 278 g/mol. The Kier molecular flexibility index (Phi) is 4.36. The summed E-state index contributed by atoms with van der Waals surface area (Å²) in [6.07, 6.45) is 0.670. The van der Waals surface area contributed by atoms with Crippen molar-refractivity contribution in [1.82, 2.24) is 0 Å². The summed E-state index contributed by atoms with van der Waals surface area (Å²) >= 11 is 5.96. The Hall–Kier alpha value is -2.07. The number of nitro groups is 1. The number of hydrogen-bond donors (Lipinski definition) is 0. The van der Waals surface area contributed by atoms with Crippen molar-refractivity contribution in [3.05, 3.63) is 69.2 Å². The van der Waals surface area contributed by atoms with E-state index in [1.54, 1.807) is 24.3 Å². The van der Waals surface area contributed by atoms with Crippen molar-refractivity contribution < 1.29 is 9.66 Å². The predicted molar refractivity (Wildman–Crippen MR) is 73.7 cm³/mol. The van der Waals surface area contributed by atoms with Gasteiger partial charge < -0.3 is 4.74 Å². The van der Waals surface area contributed by atoms with Crippen LogP contribution in [0.25, 0.3) is 0 Å². The smallest absolute Gasteiger partial charge is 0.269 e. The zero-order valence-corrected chi connectivity index (χ0v) is 10.8. The summed E-state index contributed by atoms with van der Waals surface area (Å²) in [7, 11) is 0. The first kappa shape index (κ1) is 13.4. The number of non-ortho nitro benzene ring substituents is 1. The lowest BCUT2D eigenvalue weighted by atomic mass is 10.1. The highest BCUT2D eigenvalue weighted by molar-refractivity contribution is 6.32. The molecule has 0 unspecified atom stereocenters. The SMILES string of the molecule is O=[N+]([O-])c1ccc(CCOc2ccccc2Cl)cc1. The molecular weight excluding hydrogens is 266 g/mol. The van der Waals surface area contributed by atoms with E-state index in [0.29, 0.717) is 23.8 Å². The van der Waals surface area contributed by atoms with E-state index in [1.807, 2.05) is 12.1 Å². The molecule has 0 atom stereocenters. The van der Waals surface area contributed by atoms with Gasteiger partial charge >= 0.3 is 0 Å². The molecule has 0 bridgehead atoms. The van der Waals surface area contributed by atoms with Gasteiger partial charge in [0.1, 0.15) is 5.75 Å². The van der Waals surface area contributed by atoms with Crippen LogP contribution in [-0.2, 0) is 6.42 Å². The van der Waals surface area contributed by atoms with Crippen molar-refractivity contribution in [2.45, 2.75) is 6.42 Å². The molecule has 0 heterocycles. The molecule has 0 spiro atoms. The Morgan fingerprint density at radius 1 is 1.11 bits per heavy atom. The van der Waals surface area contributed by atoms with Crippen molar-refractivity contribution in [3.63, 3.8) is 0 Å². The molecule has 0 aromatic heterocycles. The van der Waals surface area contributed by atoms with Gasteiger partial charge in [-0.15, -0.1) is 0 Å². The van der Waals surface area contributed by atoms with E-state index in [4.69, 9.17) is 16.3 Å². The molecular formula is C14H12ClNO3. The normalized spacial score (nSPS) is 10.2. The van der Waals surface area contributed by atoms with Gasteiger partial charge in [-0.05, 0) is 17.7 Å². The quantitative estimate of drug-likeness (QED) is 0.616. The van der Waals surface area contributed by atoms with Gasteiger partial charge in [0.25, 0.3) is 5.69 Å². The lowest BCUT2D eigenvalue weighted by Crippen LogP contribution is -2.01. The Morgan fingerprint density at radius 2 is 1.79 bits per heavy atom. The predicted octanol–water partition coefficient (Wildman–Crippen LogP) is 3.87. The van der Waals surface area contributed by atoms with Crippen molar-refractivity contribution in [3.8, 4) is 5.75 Å². The van der Waals surface area contributed by atoms with Gasteiger partial charge in [0.15, 0.2) is 0 Å². The third kappa shape index (κ3) is 3.69. The molecule has 0 saturated heterocycles. The molecule has 0 aliphatic heterocycles. The molecule has 0 aliphatic carbocycles. The summed E-state index contributed by atoms with van der Waals surface area (Å²) in [6.45, 7) is 0.474. The number of para-hydroxylation sites is 1. The van der Waals surface area contributed by atoms with E-state index >= 15 is 0 Å². The zero-order valence-electron chi connectivity index (χ0n) is 10.1. The first-order valence-electron chi connectivity index (χ1n) is 5.77. The lowest BCUT2D eigenvalue weighted by molar-refractivity contribution is -0.384. The van der Waals surface area contributed by atoms with Gasteiger partial charge in [-0.2, -0.15) is 0 Å². The molecule has 0 radical (unpaired) electrons. The number of nitro benzene ring substituents is 1. The van der Waals surface area contributed by atoms with Crippen LogP contribution in [0.15, 0.2) is 48.5 Å². The zero-order chi connectivity index (χ0) is 13.7. The monoisotopic (exact) mass is 277 g/mol. The van der Waals surface area contributed by atoms with Gasteiger partial charge in [0.05, 0.1) is 16.6 Å². The van der Waals surface area contributed by atoms with Crippen LogP contribution in [-0.4, -0.2) is 11.5 Å². The summed E-state index contributed by atoms with van der Waals surface area (Å²) in [6, 6.07) is 13.7. The van der Waals surface area contributed by atoms with Crippen molar-refractivity contribution in [2.24, 2.45) is 0 Å². The highest BCUT2D eigenvalue weighted by Crippen LogP contribution is 2.23. The molecule has 2 aromatic rings. The average Bonchev–Trinajstić information content (AvgIpc) is 2.41. The van der Waals surface area contributed by atoms with E-state index in [1.165, 1.54) is 12.1 Å². The molecule has 2 aromatic carbocycles. The van der Waals surface area contributed by atoms with Crippen molar-refractivity contribution in [2.75, 3.05) is 6.61 Å². The van der Waals surface area contributed by atoms with Crippen LogP contribution in [0.1, 0.15) is 5.56 Å². The molecule has 4 nitrogen and oxygen atoms in total. The lowest BCUT2D eigenvalue weighted by Gasteiger charge is -2.07. The summed E-state index contributed by atoms with van der Waals surface area (Å²) in [5, 5.41) is 11.1. The minimum atomic E-state index is -0.413. The second-order valence-corrected chi connectivity index (χ2v) is 4.36. The molecule has 2 rings (SSSR count). The molecule has 19 heavy (non-hydrogen) atoms. The number of ether oxygens (including phenoxy) is 1. The van der Waals surface area contributed by atoms with Gasteiger partial charge in [0.2, 0.25) is 0 Å². The number of hydrogen-bond acceptors (Lipinski definition) is 3. The minimum Gasteiger partial charge on any atom is -0.492 e. The molecule has 0 aliphatic rings. The van der Waals surface area contributed by atoms with E-state index in [9.17, 15) is 10.1 Å². The third-order valence-electron chi connectivity index (χ3n) is 2.63. The summed E-state index contributed by atoms with van der Waals surface area (Å²) in [4.78, 5) is 10.1. The van der Waals surface area contributed by atoms with Gasteiger partial charge in [-0.1, -0.05) is 35.9 Å². The summed E-state index contributed by atoms with van der Waals surface area (Å²) < 4.78 is 5.55. The van der Waals surface area contributed by atoms with E-state index in [-0.39, 0.29) is 5.69 Å². The van der Waals surface area contributed by atoms with Crippen LogP contribution in [0.4, 0.5) is 5.69 Å². The van der Waals surface area contributed by atoms with Crippen LogP contribution in [0.5, 0.6) is 5.75 Å². The van der Waals surface area contributed by atoms with E-state index in [2.05, 4.69) is 0 Å². The fraction of sp³-hybridized carbons (Fsp3) is 0.143. The number of nitrogens with zero attached hydrogens (tertiary/aromatic N) is 1.